The van der Waals surface area contributed by atoms with Crippen molar-refractivity contribution in [1.29, 1.82) is 0 Å². The molecule has 0 spiro atoms. The number of hydrogen-bond acceptors (Lipinski definition) is 4. The normalized spacial score (nSPS) is 12.1. The molecular formula is C22H30N2O4. The lowest BCUT2D eigenvalue weighted by Crippen LogP contribution is -2.37. The average molecular weight is 386 g/mol. The predicted molar refractivity (Wildman–Crippen MR) is 110 cm³/mol. The Hall–Kier alpha value is -2.70. The first-order valence-electron chi connectivity index (χ1n) is 9.28. The molecule has 2 rings (SSSR count). The molecule has 6 nitrogen and oxygen atoms in total. The van der Waals surface area contributed by atoms with Crippen LogP contribution in [0.5, 0.6) is 0 Å². The number of hydrogen-bond donors (Lipinski definition) is 4. The van der Waals surface area contributed by atoms with Gasteiger partial charge in [0.1, 0.15) is 0 Å². The highest BCUT2D eigenvalue weighted by molar-refractivity contribution is 5.73. The van der Waals surface area contributed by atoms with Gasteiger partial charge in [0.05, 0.1) is 25.3 Å². The lowest BCUT2D eigenvalue weighted by atomic mass is 10.1. The van der Waals surface area contributed by atoms with E-state index in [9.17, 15) is 9.59 Å². The Morgan fingerprint density at radius 1 is 0.714 bits per heavy atom. The fourth-order valence-electron chi connectivity index (χ4n) is 2.69. The fraction of sp³-hybridized carbons (Fsp3) is 0.364. The minimum Gasteiger partial charge on any atom is -0.394 e. The van der Waals surface area contributed by atoms with Crippen molar-refractivity contribution < 1.29 is 19.8 Å². The SMILES string of the molecule is CC(=O)NC(CO)Cc1ccccc1.CC(=O)N[C@H](CO)Cc1ccccc1. The van der Waals surface area contributed by atoms with Crippen LogP contribution in [-0.4, -0.2) is 47.3 Å². The van der Waals surface area contributed by atoms with E-state index in [1.807, 2.05) is 60.7 Å². The summed E-state index contributed by atoms with van der Waals surface area (Å²) in [6.45, 7) is 2.84. The number of carbonyl (C=O) groups excluding carboxylic acids is 2. The first-order valence-corrected chi connectivity index (χ1v) is 9.28. The second kappa shape index (κ2) is 13.5. The summed E-state index contributed by atoms with van der Waals surface area (Å²) in [5.74, 6) is -0.222. The summed E-state index contributed by atoms with van der Waals surface area (Å²) in [5.41, 5.74) is 2.22. The van der Waals surface area contributed by atoms with Gasteiger partial charge in [0, 0.05) is 13.8 Å². The summed E-state index contributed by atoms with van der Waals surface area (Å²) >= 11 is 0. The number of aliphatic hydroxyl groups excluding tert-OH is 2. The molecule has 2 amide bonds. The van der Waals surface area contributed by atoms with Crippen molar-refractivity contribution in [3.63, 3.8) is 0 Å². The minimum atomic E-state index is -0.185. The molecule has 2 aromatic carbocycles. The zero-order valence-electron chi connectivity index (χ0n) is 16.5. The number of benzene rings is 2. The van der Waals surface area contributed by atoms with Gasteiger partial charge in [-0.25, -0.2) is 0 Å². The lowest BCUT2D eigenvalue weighted by Gasteiger charge is -2.14. The molecule has 0 aliphatic carbocycles. The molecule has 1 unspecified atom stereocenters. The molecule has 2 atom stereocenters. The first-order chi connectivity index (χ1) is 13.4. The molecule has 2 aromatic rings. The second-order valence-electron chi connectivity index (χ2n) is 6.54. The maximum absolute atomic E-state index is 10.8. The number of nitrogens with one attached hydrogen (secondary N) is 2. The summed E-state index contributed by atoms with van der Waals surface area (Å²) in [6.07, 6.45) is 1.33. The minimum absolute atomic E-state index is 0.0333. The van der Waals surface area contributed by atoms with Crippen molar-refractivity contribution in [2.75, 3.05) is 13.2 Å². The van der Waals surface area contributed by atoms with Crippen molar-refractivity contribution >= 4 is 11.8 Å². The molecule has 0 heterocycles. The Kier molecular flexibility index (Phi) is 11.2. The fourth-order valence-corrected chi connectivity index (χ4v) is 2.69. The Bertz CT molecular complexity index is 631. The van der Waals surface area contributed by atoms with Gasteiger partial charge < -0.3 is 20.8 Å². The zero-order valence-corrected chi connectivity index (χ0v) is 16.5. The third-order valence-corrected chi connectivity index (χ3v) is 3.91. The van der Waals surface area contributed by atoms with E-state index in [-0.39, 0.29) is 37.1 Å². The van der Waals surface area contributed by atoms with Crippen LogP contribution in [0.25, 0.3) is 0 Å². The van der Waals surface area contributed by atoms with Crippen LogP contribution < -0.4 is 10.6 Å². The quantitative estimate of drug-likeness (QED) is 0.552. The smallest absolute Gasteiger partial charge is 0.217 e. The third kappa shape index (κ3) is 10.4. The van der Waals surface area contributed by atoms with E-state index >= 15 is 0 Å². The van der Waals surface area contributed by atoms with Crippen LogP contribution in [0.2, 0.25) is 0 Å². The Morgan fingerprint density at radius 3 is 1.29 bits per heavy atom. The van der Waals surface area contributed by atoms with E-state index in [1.54, 1.807) is 0 Å². The van der Waals surface area contributed by atoms with Crippen molar-refractivity contribution in [1.82, 2.24) is 10.6 Å². The van der Waals surface area contributed by atoms with Gasteiger partial charge in [-0.2, -0.15) is 0 Å². The molecule has 0 radical (unpaired) electrons. The van der Waals surface area contributed by atoms with E-state index in [0.717, 1.165) is 11.1 Å². The summed E-state index contributed by atoms with van der Waals surface area (Å²) in [5, 5.41) is 23.4. The topological polar surface area (TPSA) is 98.7 Å². The van der Waals surface area contributed by atoms with Crippen LogP contribution in [0.3, 0.4) is 0 Å². The molecule has 0 saturated carbocycles. The van der Waals surface area contributed by atoms with E-state index in [2.05, 4.69) is 10.6 Å². The number of amides is 2. The Labute approximate surface area is 166 Å². The number of carbonyl (C=O) groups is 2. The molecular weight excluding hydrogens is 356 g/mol. The van der Waals surface area contributed by atoms with Crippen LogP contribution >= 0.6 is 0 Å². The predicted octanol–water partition coefficient (Wildman–Crippen LogP) is 1.45. The van der Waals surface area contributed by atoms with Gasteiger partial charge in [-0.15, -0.1) is 0 Å². The van der Waals surface area contributed by atoms with Crippen LogP contribution in [-0.2, 0) is 22.4 Å². The van der Waals surface area contributed by atoms with Crippen LogP contribution in [0.1, 0.15) is 25.0 Å². The van der Waals surface area contributed by atoms with Crippen molar-refractivity contribution in [2.45, 2.75) is 38.8 Å². The molecule has 0 aliphatic heterocycles. The summed E-state index contributed by atoms with van der Waals surface area (Å²) in [7, 11) is 0. The van der Waals surface area contributed by atoms with Crippen molar-refractivity contribution in [3.05, 3.63) is 71.8 Å². The third-order valence-electron chi connectivity index (χ3n) is 3.91. The highest BCUT2D eigenvalue weighted by atomic mass is 16.3. The highest BCUT2D eigenvalue weighted by Crippen LogP contribution is 2.03. The summed E-state index contributed by atoms with van der Waals surface area (Å²) < 4.78 is 0. The maximum Gasteiger partial charge on any atom is 0.217 e. The molecule has 0 fully saturated rings. The Balaban J connectivity index is 0.000000280. The van der Waals surface area contributed by atoms with Crippen LogP contribution in [0.15, 0.2) is 60.7 Å². The second-order valence-corrected chi connectivity index (χ2v) is 6.54. The zero-order chi connectivity index (χ0) is 20.8. The average Bonchev–Trinajstić information content (AvgIpc) is 2.68. The van der Waals surface area contributed by atoms with E-state index < -0.39 is 0 Å². The molecule has 0 aliphatic rings. The van der Waals surface area contributed by atoms with Gasteiger partial charge >= 0.3 is 0 Å². The standard InChI is InChI=1S/2C11H15NO2/c2*1-9(14)12-11(8-13)7-10-5-3-2-4-6-10/h2*2-6,11,13H,7-8H2,1H3,(H,12,14)/t11-;/m0./s1. The molecule has 28 heavy (non-hydrogen) atoms. The highest BCUT2D eigenvalue weighted by Gasteiger charge is 2.09. The summed E-state index contributed by atoms with van der Waals surface area (Å²) in [4.78, 5) is 21.6. The van der Waals surface area contributed by atoms with Crippen molar-refractivity contribution in [3.8, 4) is 0 Å². The van der Waals surface area contributed by atoms with Crippen LogP contribution in [0, 0.1) is 0 Å². The molecule has 0 aromatic heterocycles. The van der Waals surface area contributed by atoms with Gasteiger partial charge in [-0.3, -0.25) is 9.59 Å². The Morgan fingerprint density at radius 2 is 1.04 bits per heavy atom. The van der Waals surface area contributed by atoms with Gasteiger partial charge in [0.25, 0.3) is 0 Å². The summed E-state index contributed by atoms with van der Waals surface area (Å²) in [6, 6.07) is 19.2. The van der Waals surface area contributed by atoms with E-state index in [4.69, 9.17) is 10.2 Å². The first kappa shape index (κ1) is 23.3. The monoisotopic (exact) mass is 386 g/mol. The number of aliphatic hydroxyl groups is 2. The van der Waals surface area contributed by atoms with Gasteiger partial charge in [0.2, 0.25) is 11.8 Å². The van der Waals surface area contributed by atoms with Crippen LogP contribution in [0.4, 0.5) is 0 Å². The maximum atomic E-state index is 10.8. The molecule has 6 heteroatoms. The van der Waals surface area contributed by atoms with Gasteiger partial charge in [-0.05, 0) is 24.0 Å². The molecule has 0 saturated heterocycles. The van der Waals surface area contributed by atoms with E-state index in [1.165, 1.54) is 13.8 Å². The van der Waals surface area contributed by atoms with Gasteiger partial charge in [-0.1, -0.05) is 60.7 Å². The van der Waals surface area contributed by atoms with E-state index in [0.29, 0.717) is 12.8 Å². The van der Waals surface area contributed by atoms with Gasteiger partial charge in [0.15, 0.2) is 0 Å². The molecule has 0 bridgehead atoms. The number of rotatable bonds is 8. The molecule has 4 N–H and O–H groups in total. The van der Waals surface area contributed by atoms with Crippen molar-refractivity contribution in [2.24, 2.45) is 0 Å². The molecule has 152 valence electrons. The lowest BCUT2D eigenvalue weighted by molar-refractivity contribution is -0.120. The largest absolute Gasteiger partial charge is 0.394 e.